The first-order chi connectivity index (χ1) is 14.0. The average molecular weight is 420 g/mol. The Balaban J connectivity index is 1.73. The second-order valence-electron chi connectivity index (χ2n) is 7.28. The summed E-state index contributed by atoms with van der Waals surface area (Å²) in [6.45, 7) is 3.30. The van der Waals surface area contributed by atoms with Crippen molar-refractivity contribution >= 4 is 22.3 Å². The van der Waals surface area contributed by atoms with Gasteiger partial charge < -0.3 is 14.7 Å². The number of carbonyl (C=O) groups excluding carboxylic acids is 1. The molecular formula is C20H24FN4O3S+. The Morgan fingerprint density at radius 2 is 2.14 bits per heavy atom. The van der Waals surface area contributed by atoms with Crippen molar-refractivity contribution in [2.45, 2.75) is 32.2 Å². The Kier molecular flexibility index (Phi) is 5.51. The molecule has 0 saturated carbocycles. The number of thiazole rings is 1. The van der Waals surface area contributed by atoms with Gasteiger partial charge in [0.15, 0.2) is 11.9 Å². The molecule has 0 bridgehead atoms. The van der Waals surface area contributed by atoms with Gasteiger partial charge >= 0.3 is 5.97 Å². The van der Waals surface area contributed by atoms with Crippen molar-refractivity contribution < 1.29 is 23.9 Å². The molecule has 1 aromatic carbocycles. The molecule has 9 heteroatoms. The predicted molar refractivity (Wildman–Crippen MR) is 106 cm³/mol. The number of hydrogen-bond donors (Lipinski definition) is 2. The topological polar surface area (TPSA) is 81.2 Å². The van der Waals surface area contributed by atoms with Crippen LogP contribution < -0.4 is 4.90 Å². The highest BCUT2D eigenvalue weighted by Crippen LogP contribution is 2.36. The van der Waals surface area contributed by atoms with Crippen molar-refractivity contribution in [1.82, 2.24) is 14.6 Å². The summed E-state index contributed by atoms with van der Waals surface area (Å²) >= 11 is 1.34. The fourth-order valence-electron chi connectivity index (χ4n) is 4.06. The number of rotatable bonds is 5. The Morgan fingerprint density at radius 3 is 2.76 bits per heavy atom. The molecule has 3 aromatic rings. The molecule has 154 valence electrons. The van der Waals surface area contributed by atoms with E-state index in [9.17, 15) is 14.3 Å². The Labute approximate surface area is 171 Å². The van der Waals surface area contributed by atoms with Crippen molar-refractivity contribution in [1.29, 1.82) is 0 Å². The number of benzene rings is 1. The van der Waals surface area contributed by atoms with Gasteiger partial charge in [0.2, 0.25) is 10.8 Å². The third-order valence-electron chi connectivity index (χ3n) is 5.61. The van der Waals surface area contributed by atoms with E-state index in [1.807, 2.05) is 6.92 Å². The number of halogens is 1. The van der Waals surface area contributed by atoms with E-state index in [4.69, 9.17) is 4.74 Å². The molecule has 2 aromatic heterocycles. The second-order valence-corrected chi connectivity index (χ2v) is 8.29. The highest BCUT2D eigenvalue weighted by atomic mass is 32.1. The van der Waals surface area contributed by atoms with E-state index < -0.39 is 6.04 Å². The normalized spacial score (nSPS) is 20.7. The van der Waals surface area contributed by atoms with Gasteiger partial charge in [-0.3, -0.25) is 4.79 Å². The number of methoxy groups -OCH3 is 1. The summed E-state index contributed by atoms with van der Waals surface area (Å²) in [5.74, 6) is 0.0286. The lowest BCUT2D eigenvalue weighted by Gasteiger charge is -2.33. The smallest absolute Gasteiger partial charge is 0.309 e. The maximum absolute atomic E-state index is 14.8. The molecule has 1 saturated heterocycles. The number of piperidine rings is 1. The zero-order valence-corrected chi connectivity index (χ0v) is 17.2. The second kappa shape index (κ2) is 8.08. The maximum Gasteiger partial charge on any atom is 0.309 e. The molecule has 0 amide bonds. The fraction of sp³-hybridized carbons (Fsp3) is 0.450. The molecule has 0 aliphatic carbocycles. The highest BCUT2D eigenvalue weighted by molar-refractivity contribution is 7.17. The third kappa shape index (κ3) is 3.60. The molecule has 0 radical (unpaired) electrons. The lowest BCUT2D eigenvalue weighted by Crippen LogP contribution is -3.13. The lowest BCUT2D eigenvalue weighted by molar-refractivity contribution is -0.930. The number of nitrogens with one attached hydrogen (secondary N) is 1. The number of likely N-dealkylation sites (tertiary alicyclic amines) is 1. The van der Waals surface area contributed by atoms with E-state index in [0.717, 1.165) is 4.90 Å². The first-order valence-corrected chi connectivity index (χ1v) is 10.6. The molecule has 0 spiro atoms. The Hall–Kier alpha value is -2.52. The van der Waals surface area contributed by atoms with E-state index in [1.54, 1.807) is 18.2 Å². The molecule has 1 atom stereocenters. The zero-order valence-electron chi connectivity index (χ0n) is 16.4. The third-order valence-corrected chi connectivity index (χ3v) is 6.69. The average Bonchev–Trinajstić information content (AvgIpc) is 3.29. The number of aromatic nitrogens is 3. The van der Waals surface area contributed by atoms with E-state index in [1.165, 1.54) is 29.0 Å². The molecule has 1 aliphatic rings. The largest absolute Gasteiger partial charge is 0.492 e. The predicted octanol–water partition coefficient (Wildman–Crippen LogP) is 1.76. The summed E-state index contributed by atoms with van der Waals surface area (Å²) in [5, 5.41) is 15.2. The molecule has 7 nitrogen and oxygen atoms in total. The van der Waals surface area contributed by atoms with Crippen molar-refractivity contribution in [3.63, 3.8) is 0 Å². The molecule has 29 heavy (non-hydrogen) atoms. The summed E-state index contributed by atoms with van der Waals surface area (Å²) in [6.07, 6.45) is 2.00. The molecule has 4 rings (SSSR count). The van der Waals surface area contributed by atoms with Crippen LogP contribution in [-0.4, -0.2) is 45.9 Å². The van der Waals surface area contributed by atoms with Gasteiger partial charge in [-0.15, -0.1) is 5.10 Å². The van der Waals surface area contributed by atoms with Crippen molar-refractivity contribution in [2.24, 2.45) is 5.92 Å². The van der Waals surface area contributed by atoms with Crippen molar-refractivity contribution in [2.75, 3.05) is 20.2 Å². The summed E-state index contributed by atoms with van der Waals surface area (Å²) in [5.41, 5.74) is 0.523. The summed E-state index contributed by atoms with van der Waals surface area (Å²) in [4.78, 5) is 18.7. The van der Waals surface area contributed by atoms with Crippen LogP contribution in [0.4, 0.5) is 4.39 Å². The van der Waals surface area contributed by atoms with E-state index in [2.05, 4.69) is 10.1 Å². The van der Waals surface area contributed by atoms with Crippen LogP contribution in [0.1, 0.15) is 42.1 Å². The van der Waals surface area contributed by atoms with Gasteiger partial charge in [0.1, 0.15) is 10.7 Å². The van der Waals surface area contributed by atoms with Gasteiger partial charge in [-0.1, -0.05) is 30.4 Å². The van der Waals surface area contributed by atoms with Gasteiger partial charge in [-0.2, -0.15) is 4.52 Å². The quantitative estimate of drug-likeness (QED) is 0.616. The first-order valence-electron chi connectivity index (χ1n) is 9.77. The number of aryl methyl sites for hydroxylation is 1. The summed E-state index contributed by atoms with van der Waals surface area (Å²) in [7, 11) is 1.40. The number of fused-ring (bicyclic) bond motifs is 1. The molecule has 0 unspecified atom stereocenters. The molecule has 1 aliphatic heterocycles. The number of carbonyl (C=O) groups is 1. The van der Waals surface area contributed by atoms with Crippen LogP contribution in [0.15, 0.2) is 24.3 Å². The van der Waals surface area contributed by atoms with Gasteiger partial charge in [0, 0.05) is 19.3 Å². The van der Waals surface area contributed by atoms with Gasteiger partial charge in [0.25, 0.3) is 0 Å². The minimum absolute atomic E-state index is 0.00745. The van der Waals surface area contributed by atoms with Gasteiger partial charge in [0.05, 0.1) is 31.7 Å². The van der Waals surface area contributed by atoms with Gasteiger partial charge in [-0.25, -0.2) is 9.37 Å². The number of quaternary nitrogens is 1. The van der Waals surface area contributed by atoms with Crippen LogP contribution in [-0.2, 0) is 16.0 Å². The maximum atomic E-state index is 14.8. The van der Waals surface area contributed by atoms with Crippen LogP contribution in [0.5, 0.6) is 5.88 Å². The van der Waals surface area contributed by atoms with Gasteiger partial charge in [-0.05, 0) is 12.1 Å². The van der Waals surface area contributed by atoms with Crippen LogP contribution in [0.2, 0.25) is 0 Å². The summed E-state index contributed by atoms with van der Waals surface area (Å²) < 4.78 is 21.1. The monoisotopic (exact) mass is 419 g/mol. The molecule has 2 N–H and O–H groups in total. The lowest BCUT2D eigenvalue weighted by atomic mass is 9.93. The number of esters is 1. The van der Waals surface area contributed by atoms with E-state index in [0.29, 0.717) is 53.6 Å². The van der Waals surface area contributed by atoms with Crippen LogP contribution in [0.3, 0.4) is 0 Å². The molecular weight excluding hydrogens is 395 g/mol. The number of aromatic hydroxyl groups is 1. The SMILES string of the molecule is CCc1nc2sc([C@@H](c3ccccc3F)[NH+]3CCC(C(=O)OC)CC3)c(O)n2n1. The minimum atomic E-state index is -0.395. The Morgan fingerprint density at radius 1 is 1.41 bits per heavy atom. The number of hydrogen-bond acceptors (Lipinski definition) is 6. The zero-order chi connectivity index (χ0) is 20.5. The highest BCUT2D eigenvalue weighted by Gasteiger charge is 2.38. The number of ether oxygens (including phenoxy) is 1. The van der Waals surface area contributed by atoms with Crippen LogP contribution in [0.25, 0.3) is 4.96 Å². The van der Waals surface area contributed by atoms with Crippen molar-refractivity contribution in [3.05, 3.63) is 46.3 Å². The number of nitrogens with zero attached hydrogens (tertiary/aromatic N) is 3. The van der Waals surface area contributed by atoms with E-state index >= 15 is 0 Å². The van der Waals surface area contributed by atoms with Crippen LogP contribution in [0, 0.1) is 11.7 Å². The molecule has 1 fully saturated rings. The van der Waals surface area contributed by atoms with Crippen LogP contribution >= 0.6 is 11.3 Å². The van der Waals surface area contributed by atoms with E-state index in [-0.39, 0.29) is 23.6 Å². The summed E-state index contributed by atoms with van der Waals surface area (Å²) in [6, 6.07) is 6.26. The van der Waals surface area contributed by atoms with Crippen molar-refractivity contribution in [3.8, 4) is 5.88 Å². The minimum Gasteiger partial charge on any atom is -0.492 e. The fourth-order valence-corrected chi connectivity index (χ4v) is 5.21. The standard InChI is InChI=1S/C20H23FN4O3S/c1-3-15-22-20-25(23-15)18(26)17(29-20)16(13-6-4-5-7-14(13)21)24-10-8-12(9-11-24)19(27)28-2/h4-7,12,16,26H,3,8-11H2,1-2H3/p+1/t16-/m1/s1. The molecule has 3 heterocycles. The first kappa shape index (κ1) is 19.8. The Bertz CT molecular complexity index is 1030.